The van der Waals surface area contributed by atoms with Crippen molar-refractivity contribution in [2.45, 2.75) is 0 Å². The van der Waals surface area contributed by atoms with Crippen molar-refractivity contribution in [2.24, 2.45) is 0 Å². The summed E-state index contributed by atoms with van der Waals surface area (Å²) in [7, 11) is 0. The summed E-state index contributed by atoms with van der Waals surface area (Å²) in [4.78, 5) is 20.9. The molecule has 0 radical (unpaired) electrons. The Hall–Kier alpha value is -2.67. The van der Waals surface area contributed by atoms with Gasteiger partial charge in [0.05, 0.1) is 5.56 Å². The maximum absolute atomic E-state index is 13.7. The molecule has 0 atom stereocenters. The zero-order chi connectivity index (χ0) is 17.6. The van der Waals surface area contributed by atoms with Crippen LogP contribution in [0.4, 0.5) is 15.9 Å². The van der Waals surface area contributed by atoms with E-state index < -0.39 is 11.7 Å². The molecule has 1 saturated heterocycles. The number of benzene rings is 1. The first-order chi connectivity index (χ1) is 12.1. The van der Waals surface area contributed by atoms with Crippen LogP contribution in [-0.4, -0.2) is 55.1 Å². The molecule has 1 aromatic carbocycles. The number of rotatable bonds is 5. The summed E-state index contributed by atoms with van der Waals surface area (Å²) in [6, 6.07) is 10.00. The van der Waals surface area contributed by atoms with Crippen LogP contribution in [0.25, 0.3) is 0 Å². The van der Waals surface area contributed by atoms with Gasteiger partial charge in [0.1, 0.15) is 11.6 Å². The summed E-state index contributed by atoms with van der Waals surface area (Å²) in [6.45, 7) is 4.82. The highest BCUT2D eigenvalue weighted by Gasteiger charge is 2.18. The summed E-state index contributed by atoms with van der Waals surface area (Å²) >= 11 is 0. The van der Waals surface area contributed by atoms with Crippen LogP contribution in [0, 0.1) is 5.82 Å². The molecule has 0 spiro atoms. The lowest BCUT2D eigenvalue weighted by molar-refractivity contribution is 0.0944. The highest BCUT2D eigenvalue weighted by molar-refractivity contribution is 5.94. The molecule has 6 nitrogen and oxygen atoms in total. The topological polar surface area (TPSA) is 74.5 Å². The molecule has 1 aromatic heterocycles. The number of halogens is 1. The molecule has 1 aliphatic rings. The second-order valence-electron chi connectivity index (χ2n) is 6.01. The van der Waals surface area contributed by atoms with Gasteiger partial charge in [0.25, 0.3) is 5.91 Å². The second-order valence-corrected chi connectivity index (χ2v) is 6.01. The highest BCUT2D eigenvalue weighted by Crippen LogP contribution is 2.13. The first-order valence-electron chi connectivity index (χ1n) is 8.35. The molecule has 2 aromatic rings. The standard InChI is InChI=1S/C18H22FN5O/c19-16-13-14(20)4-5-15(16)18(25)22-7-8-23-9-11-24(12-10-23)17-3-1-2-6-21-17/h1-6,13H,7-12,20H2,(H,22,25). The number of piperazine rings is 1. The molecule has 132 valence electrons. The van der Waals surface area contributed by atoms with Crippen LogP contribution >= 0.6 is 0 Å². The van der Waals surface area contributed by atoms with Gasteiger partial charge in [-0.2, -0.15) is 0 Å². The number of nitrogen functional groups attached to an aromatic ring is 1. The molecule has 0 aliphatic carbocycles. The summed E-state index contributed by atoms with van der Waals surface area (Å²) in [6.07, 6.45) is 1.80. The molecule has 7 heteroatoms. The van der Waals surface area contributed by atoms with Crippen LogP contribution in [0.5, 0.6) is 0 Å². The lowest BCUT2D eigenvalue weighted by Crippen LogP contribution is -2.48. The average Bonchev–Trinajstić information content (AvgIpc) is 2.63. The monoisotopic (exact) mass is 343 g/mol. The lowest BCUT2D eigenvalue weighted by Gasteiger charge is -2.35. The van der Waals surface area contributed by atoms with Crippen molar-refractivity contribution < 1.29 is 9.18 Å². The van der Waals surface area contributed by atoms with Crippen LogP contribution in [0.1, 0.15) is 10.4 Å². The first-order valence-corrected chi connectivity index (χ1v) is 8.35. The summed E-state index contributed by atoms with van der Waals surface area (Å²) in [5.74, 6) is -0.0135. The highest BCUT2D eigenvalue weighted by atomic mass is 19.1. The Bertz CT molecular complexity index is 717. The molecule has 0 unspecified atom stereocenters. The van der Waals surface area contributed by atoms with Gasteiger partial charge in [-0.05, 0) is 30.3 Å². The molecule has 25 heavy (non-hydrogen) atoms. The number of pyridine rings is 1. The molecule has 1 fully saturated rings. The average molecular weight is 343 g/mol. The lowest BCUT2D eigenvalue weighted by atomic mass is 10.2. The number of nitrogens with zero attached hydrogens (tertiary/aromatic N) is 3. The zero-order valence-corrected chi connectivity index (χ0v) is 14.0. The number of hydrogen-bond donors (Lipinski definition) is 2. The number of nitrogens with two attached hydrogens (primary N) is 1. The van der Waals surface area contributed by atoms with Crippen LogP contribution in [0.2, 0.25) is 0 Å². The van der Waals surface area contributed by atoms with Crippen LogP contribution < -0.4 is 16.0 Å². The van der Waals surface area contributed by atoms with Crippen molar-refractivity contribution in [3.8, 4) is 0 Å². The molecular weight excluding hydrogens is 321 g/mol. The maximum Gasteiger partial charge on any atom is 0.254 e. The normalized spacial score (nSPS) is 15.2. The maximum atomic E-state index is 13.7. The third-order valence-electron chi connectivity index (χ3n) is 4.30. The van der Waals surface area contributed by atoms with Crippen molar-refractivity contribution in [3.63, 3.8) is 0 Å². The van der Waals surface area contributed by atoms with Crippen LogP contribution in [-0.2, 0) is 0 Å². The van der Waals surface area contributed by atoms with E-state index in [2.05, 4.69) is 20.1 Å². The van der Waals surface area contributed by atoms with Gasteiger partial charge in [0.2, 0.25) is 0 Å². The predicted molar refractivity (Wildman–Crippen MR) is 96.0 cm³/mol. The van der Waals surface area contributed by atoms with Gasteiger partial charge < -0.3 is 16.0 Å². The van der Waals surface area contributed by atoms with E-state index in [0.29, 0.717) is 12.2 Å². The van der Waals surface area contributed by atoms with E-state index in [1.165, 1.54) is 12.1 Å². The number of nitrogens with one attached hydrogen (secondary N) is 1. The van der Waals surface area contributed by atoms with Gasteiger partial charge in [0.15, 0.2) is 0 Å². The Balaban J connectivity index is 1.42. The minimum atomic E-state index is -0.596. The predicted octanol–water partition coefficient (Wildman–Crippen LogP) is 1.35. The Kier molecular flexibility index (Phi) is 5.45. The first kappa shape index (κ1) is 17.2. The molecule has 3 rings (SSSR count). The van der Waals surface area contributed by atoms with Gasteiger partial charge in [-0.1, -0.05) is 6.07 Å². The number of hydrogen-bond acceptors (Lipinski definition) is 5. The van der Waals surface area contributed by atoms with Crippen LogP contribution in [0.3, 0.4) is 0 Å². The fourth-order valence-corrected chi connectivity index (χ4v) is 2.88. The number of aromatic nitrogens is 1. The van der Waals surface area contributed by atoms with E-state index in [1.807, 2.05) is 18.2 Å². The molecular formula is C18H22FN5O. The summed E-state index contributed by atoms with van der Waals surface area (Å²) in [5.41, 5.74) is 5.82. The molecule has 1 aliphatic heterocycles. The van der Waals surface area contributed by atoms with Crippen molar-refractivity contribution in [1.82, 2.24) is 15.2 Å². The van der Waals surface area contributed by atoms with Crippen LogP contribution in [0.15, 0.2) is 42.6 Å². The van der Waals surface area contributed by atoms with Gasteiger partial charge in [0, 0.05) is 51.2 Å². The van der Waals surface area contributed by atoms with E-state index in [-0.39, 0.29) is 5.56 Å². The van der Waals surface area contributed by atoms with E-state index in [9.17, 15) is 9.18 Å². The Morgan fingerprint density at radius 3 is 2.68 bits per heavy atom. The van der Waals surface area contributed by atoms with E-state index in [4.69, 9.17) is 5.73 Å². The van der Waals surface area contributed by atoms with E-state index in [0.717, 1.165) is 44.6 Å². The number of amides is 1. The zero-order valence-electron chi connectivity index (χ0n) is 14.0. The van der Waals surface area contributed by atoms with Crippen molar-refractivity contribution in [1.29, 1.82) is 0 Å². The third-order valence-corrected chi connectivity index (χ3v) is 4.30. The molecule has 1 amide bonds. The number of carbonyl (C=O) groups is 1. The minimum absolute atomic E-state index is 0.0224. The van der Waals surface area contributed by atoms with Crippen molar-refractivity contribution >= 4 is 17.4 Å². The largest absolute Gasteiger partial charge is 0.399 e. The Labute approximate surface area is 146 Å². The van der Waals surface area contributed by atoms with Gasteiger partial charge in [-0.3, -0.25) is 9.69 Å². The van der Waals surface area contributed by atoms with E-state index in [1.54, 1.807) is 6.20 Å². The van der Waals surface area contributed by atoms with Crippen molar-refractivity contribution in [3.05, 3.63) is 54.0 Å². The molecule has 3 N–H and O–H groups in total. The van der Waals surface area contributed by atoms with Gasteiger partial charge >= 0.3 is 0 Å². The SMILES string of the molecule is Nc1ccc(C(=O)NCCN2CCN(c3ccccn3)CC2)c(F)c1. The fraction of sp³-hybridized carbons (Fsp3) is 0.333. The summed E-state index contributed by atoms with van der Waals surface area (Å²) in [5, 5.41) is 2.76. The number of carbonyl (C=O) groups excluding carboxylic acids is 1. The van der Waals surface area contributed by atoms with E-state index >= 15 is 0 Å². The fourth-order valence-electron chi connectivity index (χ4n) is 2.88. The number of anilines is 2. The molecule has 0 bridgehead atoms. The second kappa shape index (κ2) is 7.94. The smallest absolute Gasteiger partial charge is 0.254 e. The molecule has 2 heterocycles. The molecule has 0 saturated carbocycles. The summed E-state index contributed by atoms with van der Waals surface area (Å²) < 4.78 is 13.7. The third kappa shape index (κ3) is 4.45. The minimum Gasteiger partial charge on any atom is -0.399 e. The Morgan fingerprint density at radius 1 is 1.20 bits per heavy atom. The van der Waals surface area contributed by atoms with Crippen molar-refractivity contribution in [2.75, 3.05) is 49.9 Å². The van der Waals surface area contributed by atoms with Gasteiger partial charge in [-0.15, -0.1) is 0 Å². The quantitative estimate of drug-likeness (QED) is 0.802. The Morgan fingerprint density at radius 2 is 2.00 bits per heavy atom. The van der Waals surface area contributed by atoms with Gasteiger partial charge in [-0.25, -0.2) is 9.37 Å².